The van der Waals surface area contributed by atoms with Crippen LogP contribution in [0.2, 0.25) is 0 Å². The summed E-state index contributed by atoms with van der Waals surface area (Å²) in [5.41, 5.74) is 0. The van der Waals surface area contributed by atoms with Crippen molar-refractivity contribution < 1.29 is 14.3 Å². The molecule has 0 bridgehead atoms. The third kappa shape index (κ3) is 5.10. The van der Waals surface area contributed by atoms with Crippen molar-refractivity contribution in [2.75, 3.05) is 20.8 Å². The summed E-state index contributed by atoms with van der Waals surface area (Å²) in [4.78, 5) is 12.4. The van der Waals surface area contributed by atoms with E-state index in [1.54, 1.807) is 14.2 Å². The van der Waals surface area contributed by atoms with Gasteiger partial charge in [0.2, 0.25) is 5.91 Å². The first-order valence-corrected chi connectivity index (χ1v) is 9.05. The number of hydrogen-bond acceptors (Lipinski definition) is 3. The van der Waals surface area contributed by atoms with Gasteiger partial charge < -0.3 is 14.8 Å². The summed E-state index contributed by atoms with van der Waals surface area (Å²) < 4.78 is 10.9. The smallest absolute Gasteiger partial charge is 0.225 e. The van der Waals surface area contributed by atoms with Crippen molar-refractivity contribution in [2.45, 2.75) is 69.0 Å². The number of carbonyl (C=O) groups is 1. The molecule has 0 spiro atoms. The molecule has 5 atom stereocenters. The molecule has 2 aliphatic carbocycles. The maximum atomic E-state index is 12.4. The van der Waals surface area contributed by atoms with E-state index in [1.165, 1.54) is 12.8 Å². The number of ether oxygens (including phenoxy) is 2. The Morgan fingerprint density at radius 3 is 2.64 bits per heavy atom. The van der Waals surface area contributed by atoms with Gasteiger partial charge in [0.1, 0.15) is 0 Å². The zero-order chi connectivity index (χ0) is 15.9. The van der Waals surface area contributed by atoms with E-state index >= 15 is 0 Å². The third-order valence-electron chi connectivity index (χ3n) is 5.29. The Morgan fingerprint density at radius 1 is 1.14 bits per heavy atom. The summed E-state index contributed by atoms with van der Waals surface area (Å²) >= 11 is 6.22. The molecule has 2 saturated carbocycles. The average molecular weight is 332 g/mol. The fraction of sp³-hybridized carbons (Fsp3) is 0.941. The fourth-order valence-corrected chi connectivity index (χ4v) is 4.29. The van der Waals surface area contributed by atoms with Crippen LogP contribution in [0, 0.1) is 11.8 Å². The first kappa shape index (κ1) is 18.0. The zero-order valence-corrected chi connectivity index (χ0v) is 14.6. The number of rotatable bonds is 6. The lowest BCUT2D eigenvalue weighted by atomic mass is 9.83. The predicted octanol–water partition coefficient (Wildman–Crippen LogP) is 3.12. The van der Waals surface area contributed by atoms with Gasteiger partial charge in [0.25, 0.3) is 0 Å². The summed E-state index contributed by atoms with van der Waals surface area (Å²) in [6, 6.07) is 0. The van der Waals surface area contributed by atoms with E-state index in [0.29, 0.717) is 11.3 Å². The number of hydrogen-bond donors (Lipinski definition) is 1. The topological polar surface area (TPSA) is 47.6 Å². The van der Waals surface area contributed by atoms with Crippen LogP contribution in [-0.4, -0.2) is 44.3 Å². The standard InChI is InChI=1S/C17H30ClNO3/c1-21-14-6-7-15(16(11-14)22-2)17(20)19-9-8-12-4-3-5-13(18)10-12/h12-16H,3-11H2,1-2H3,(H,19,20). The number of halogens is 1. The van der Waals surface area contributed by atoms with Crippen LogP contribution in [0.5, 0.6) is 0 Å². The Balaban J connectivity index is 1.72. The Morgan fingerprint density at radius 2 is 1.95 bits per heavy atom. The lowest BCUT2D eigenvalue weighted by Gasteiger charge is -2.34. The summed E-state index contributed by atoms with van der Waals surface area (Å²) in [6.45, 7) is 0.758. The SMILES string of the molecule is COC1CCC(C(=O)NCCC2CCCC(Cl)C2)C(OC)C1. The number of carbonyl (C=O) groups excluding carboxylic acids is 1. The molecule has 4 nitrogen and oxygen atoms in total. The van der Waals surface area contributed by atoms with E-state index in [2.05, 4.69) is 5.32 Å². The molecular formula is C17H30ClNO3. The van der Waals surface area contributed by atoms with E-state index in [1.807, 2.05) is 0 Å². The van der Waals surface area contributed by atoms with Crippen LogP contribution in [0.25, 0.3) is 0 Å². The minimum atomic E-state index is -0.0384. The second kappa shape index (κ2) is 9.09. The van der Waals surface area contributed by atoms with Crippen LogP contribution < -0.4 is 5.32 Å². The van der Waals surface area contributed by atoms with Crippen LogP contribution in [0.1, 0.15) is 51.4 Å². The molecule has 5 heteroatoms. The lowest BCUT2D eigenvalue weighted by molar-refractivity contribution is -0.134. The van der Waals surface area contributed by atoms with Crippen LogP contribution in [0.3, 0.4) is 0 Å². The Labute approximate surface area is 139 Å². The highest BCUT2D eigenvalue weighted by molar-refractivity contribution is 6.20. The summed E-state index contributed by atoms with van der Waals surface area (Å²) in [7, 11) is 3.41. The van der Waals surface area contributed by atoms with Crippen molar-refractivity contribution in [1.82, 2.24) is 5.32 Å². The molecule has 0 aromatic rings. The highest BCUT2D eigenvalue weighted by Gasteiger charge is 2.35. The maximum absolute atomic E-state index is 12.4. The molecular weight excluding hydrogens is 302 g/mol. The molecule has 2 rings (SSSR count). The molecule has 22 heavy (non-hydrogen) atoms. The molecule has 1 N–H and O–H groups in total. The van der Waals surface area contributed by atoms with Gasteiger partial charge in [-0.05, 0) is 38.0 Å². The van der Waals surface area contributed by atoms with Crippen LogP contribution in [0.4, 0.5) is 0 Å². The van der Waals surface area contributed by atoms with E-state index in [0.717, 1.165) is 45.1 Å². The summed E-state index contributed by atoms with van der Waals surface area (Å²) in [6.07, 6.45) is 8.53. The van der Waals surface area contributed by atoms with E-state index < -0.39 is 0 Å². The fourth-order valence-electron chi connectivity index (χ4n) is 3.89. The van der Waals surface area contributed by atoms with Crippen molar-refractivity contribution in [2.24, 2.45) is 11.8 Å². The van der Waals surface area contributed by atoms with Crippen molar-refractivity contribution in [1.29, 1.82) is 0 Å². The molecule has 2 aliphatic rings. The minimum Gasteiger partial charge on any atom is -0.381 e. The Bertz CT molecular complexity index is 353. The normalized spacial score (nSPS) is 36.0. The van der Waals surface area contributed by atoms with Crippen molar-refractivity contribution in [3.63, 3.8) is 0 Å². The highest BCUT2D eigenvalue weighted by atomic mass is 35.5. The van der Waals surface area contributed by atoms with Gasteiger partial charge in [-0.1, -0.05) is 12.8 Å². The van der Waals surface area contributed by atoms with Crippen LogP contribution in [-0.2, 0) is 14.3 Å². The van der Waals surface area contributed by atoms with Gasteiger partial charge in [0, 0.05) is 32.6 Å². The van der Waals surface area contributed by atoms with Gasteiger partial charge in [-0.15, -0.1) is 11.6 Å². The van der Waals surface area contributed by atoms with Gasteiger partial charge in [-0.25, -0.2) is 0 Å². The third-order valence-corrected chi connectivity index (χ3v) is 5.68. The molecule has 0 radical (unpaired) electrons. The molecule has 0 heterocycles. The van der Waals surface area contributed by atoms with Crippen molar-refractivity contribution in [3.8, 4) is 0 Å². The van der Waals surface area contributed by atoms with E-state index in [4.69, 9.17) is 21.1 Å². The molecule has 0 saturated heterocycles. The van der Waals surface area contributed by atoms with Crippen LogP contribution >= 0.6 is 11.6 Å². The second-order valence-electron chi connectivity index (χ2n) is 6.76. The van der Waals surface area contributed by atoms with Gasteiger partial charge in [0.05, 0.1) is 18.1 Å². The van der Waals surface area contributed by atoms with E-state index in [-0.39, 0.29) is 24.0 Å². The number of alkyl halides is 1. The molecule has 2 fully saturated rings. The summed E-state index contributed by atoms with van der Waals surface area (Å²) in [5.74, 6) is 0.766. The number of nitrogens with one attached hydrogen (secondary N) is 1. The quantitative estimate of drug-likeness (QED) is 0.761. The van der Waals surface area contributed by atoms with E-state index in [9.17, 15) is 4.79 Å². The minimum absolute atomic E-state index is 0.0272. The van der Waals surface area contributed by atoms with Gasteiger partial charge >= 0.3 is 0 Å². The van der Waals surface area contributed by atoms with Crippen molar-refractivity contribution in [3.05, 3.63) is 0 Å². The average Bonchev–Trinajstić information content (AvgIpc) is 2.54. The Hall–Kier alpha value is -0.320. The predicted molar refractivity (Wildman–Crippen MR) is 88.2 cm³/mol. The highest BCUT2D eigenvalue weighted by Crippen LogP contribution is 2.30. The second-order valence-corrected chi connectivity index (χ2v) is 7.38. The van der Waals surface area contributed by atoms with Gasteiger partial charge in [0.15, 0.2) is 0 Å². The molecule has 128 valence electrons. The van der Waals surface area contributed by atoms with Crippen molar-refractivity contribution >= 4 is 17.5 Å². The monoisotopic (exact) mass is 331 g/mol. The first-order valence-electron chi connectivity index (χ1n) is 8.61. The molecule has 5 unspecified atom stereocenters. The number of methoxy groups -OCH3 is 2. The largest absolute Gasteiger partial charge is 0.381 e. The molecule has 0 aliphatic heterocycles. The molecule has 0 aromatic carbocycles. The zero-order valence-electron chi connectivity index (χ0n) is 13.9. The van der Waals surface area contributed by atoms with Gasteiger partial charge in [-0.2, -0.15) is 0 Å². The first-order chi connectivity index (χ1) is 10.6. The number of amides is 1. The molecule has 1 amide bonds. The lowest BCUT2D eigenvalue weighted by Crippen LogP contribution is -2.44. The molecule has 0 aromatic heterocycles. The Kier molecular flexibility index (Phi) is 7.45. The maximum Gasteiger partial charge on any atom is 0.225 e. The summed E-state index contributed by atoms with van der Waals surface area (Å²) in [5, 5.41) is 3.44. The van der Waals surface area contributed by atoms with Crippen LogP contribution in [0.15, 0.2) is 0 Å². The van der Waals surface area contributed by atoms with Gasteiger partial charge in [-0.3, -0.25) is 4.79 Å².